The van der Waals surface area contributed by atoms with Crippen LogP contribution in [0, 0.1) is 17.3 Å². The molecule has 0 heterocycles. The largest absolute Gasteiger partial charge is 0.294 e. The summed E-state index contributed by atoms with van der Waals surface area (Å²) in [5.74, 6) is 1.26. The van der Waals surface area contributed by atoms with Crippen molar-refractivity contribution in [1.29, 1.82) is 0 Å². The van der Waals surface area contributed by atoms with E-state index in [1.165, 1.54) is 30.4 Å². The van der Waals surface area contributed by atoms with E-state index in [9.17, 15) is 4.79 Å². The first kappa shape index (κ1) is 11.9. The van der Waals surface area contributed by atoms with Gasteiger partial charge in [-0.25, -0.2) is 0 Å². The first-order valence-corrected chi connectivity index (χ1v) is 6.70. The molecule has 2 aliphatic carbocycles. The summed E-state index contributed by atoms with van der Waals surface area (Å²) >= 11 is 0. The molecular weight excluding hydrogens is 196 g/mol. The van der Waals surface area contributed by atoms with Crippen molar-refractivity contribution < 1.29 is 4.79 Å². The van der Waals surface area contributed by atoms with Crippen molar-refractivity contribution in [3.05, 3.63) is 11.1 Å². The van der Waals surface area contributed by atoms with E-state index in [4.69, 9.17) is 0 Å². The number of ketones is 1. The van der Waals surface area contributed by atoms with Gasteiger partial charge in [0.15, 0.2) is 5.78 Å². The Balaban J connectivity index is 2.38. The molecule has 0 bridgehead atoms. The molecule has 90 valence electrons. The van der Waals surface area contributed by atoms with Crippen LogP contribution in [-0.2, 0) is 4.79 Å². The quantitative estimate of drug-likeness (QED) is 0.649. The molecule has 2 aliphatic rings. The van der Waals surface area contributed by atoms with E-state index >= 15 is 0 Å². The highest BCUT2D eigenvalue weighted by atomic mass is 16.1. The van der Waals surface area contributed by atoms with E-state index in [2.05, 4.69) is 27.7 Å². The molecule has 0 saturated heterocycles. The zero-order valence-electron chi connectivity index (χ0n) is 11.1. The summed E-state index contributed by atoms with van der Waals surface area (Å²) in [5.41, 5.74) is 2.80. The van der Waals surface area contributed by atoms with Gasteiger partial charge in [0.05, 0.1) is 0 Å². The van der Waals surface area contributed by atoms with Gasteiger partial charge < -0.3 is 0 Å². The van der Waals surface area contributed by atoms with E-state index in [-0.39, 0.29) is 11.3 Å². The highest BCUT2D eigenvalue weighted by Crippen LogP contribution is 2.50. The van der Waals surface area contributed by atoms with E-state index in [0.717, 1.165) is 12.8 Å². The molecular formula is C15H24O. The van der Waals surface area contributed by atoms with Crippen molar-refractivity contribution in [2.45, 2.75) is 59.8 Å². The molecule has 1 nitrogen and oxygen atoms in total. The monoisotopic (exact) mass is 220 g/mol. The summed E-state index contributed by atoms with van der Waals surface area (Å²) in [7, 11) is 0. The Morgan fingerprint density at radius 1 is 1.31 bits per heavy atom. The molecule has 0 aromatic rings. The van der Waals surface area contributed by atoms with Gasteiger partial charge in [-0.1, -0.05) is 26.3 Å². The molecule has 2 rings (SSSR count). The van der Waals surface area contributed by atoms with Gasteiger partial charge in [0.2, 0.25) is 0 Å². The molecule has 16 heavy (non-hydrogen) atoms. The van der Waals surface area contributed by atoms with Crippen LogP contribution in [0.15, 0.2) is 11.1 Å². The van der Waals surface area contributed by atoms with Crippen LogP contribution in [0.25, 0.3) is 0 Å². The molecule has 2 atom stereocenters. The molecule has 0 spiro atoms. The molecule has 0 unspecified atom stereocenters. The van der Waals surface area contributed by atoms with Crippen molar-refractivity contribution in [1.82, 2.24) is 0 Å². The number of fused-ring (bicyclic) bond motifs is 1. The van der Waals surface area contributed by atoms with Gasteiger partial charge in [0, 0.05) is 11.5 Å². The first-order valence-electron chi connectivity index (χ1n) is 6.70. The van der Waals surface area contributed by atoms with Crippen molar-refractivity contribution in [2.24, 2.45) is 17.3 Å². The minimum Gasteiger partial charge on any atom is -0.294 e. The summed E-state index contributed by atoms with van der Waals surface area (Å²) in [6.07, 6.45) is 5.95. The fourth-order valence-electron chi connectivity index (χ4n) is 3.69. The van der Waals surface area contributed by atoms with E-state index < -0.39 is 0 Å². The standard InChI is InChI=1S/C15H24O/c1-10(2)12-7-9-15(4)8-5-6-11(3)13(15)14(12)16/h10,12H,5-9H2,1-4H3/t12-,15+/m0/s1. The maximum Gasteiger partial charge on any atom is 0.162 e. The van der Waals surface area contributed by atoms with Crippen LogP contribution >= 0.6 is 0 Å². The van der Waals surface area contributed by atoms with Gasteiger partial charge in [0.25, 0.3) is 0 Å². The Morgan fingerprint density at radius 3 is 2.62 bits per heavy atom. The first-order chi connectivity index (χ1) is 7.46. The average molecular weight is 220 g/mol. The number of hydrogen-bond acceptors (Lipinski definition) is 1. The number of hydrogen-bond donors (Lipinski definition) is 0. The number of Topliss-reactive ketones (excluding diaryl/α,β-unsaturated/α-hetero) is 1. The number of carbonyl (C=O) groups excluding carboxylic acids is 1. The number of allylic oxidation sites excluding steroid dienone is 2. The Morgan fingerprint density at radius 2 is 2.00 bits per heavy atom. The molecule has 0 aromatic heterocycles. The molecule has 1 heteroatoms. The van der Waals surface area contributed by atoms with Gasteiger partial charge >= 0.3 is 0 Å². The summed E-state index contributed by atoms with van der Waals surface area (Å²) < 4.78 is 0. The molecule has 1 fully saturated rings. The van der Waals surface area contributed by atoms with Crippen LogP contribution in [0.5, 0.6) is 0 Å². The predicted molar refractivity (Wildman–Crippen MR) is 67.2 cm³/mol. The molecule has 0 aromatic carbocycles. The third-order valence-corrected chi connectivity index (χ3v) is 4.71. The van der Waals surface area contributed by atoms with Crippen LogP contribution < -0.4 is 0 Å². The van der Waals surface area contributed by atoms with Crippen molar-refractivity contribution >= 4 is 5.78 Å². The fourth-order valence-corrected chi connectivity index (χ4v) is 3.69. The summed E-state index contributed by atoms with van der Waals surface area (Å²) in [4.78, 5) is 12.6. The van der Waals surface area contributed by atoms with Crippen LogP contribution in [0.1, 0.15) is 59.8 Å². The lowest BCUT2D eigenvalue weighted by Gasteiger charge is -2.43. The third-order valence-electron chi connectivity index (χ3n) is 4.71. The Labute approximate surface area is 99.3 Å². The lowest BCUT2D eigenvalue weighted by molar-refractivity contribution is -0.124. The van der Waals surface area contributed by atoms with E-state index in [0.29, 0.717) is 11.7 Å². The summed E-state index contributed by atoms with van der Waals surface area (Å²) in [6, 6.07) is 0. The maximum absolute atomic E-state index is 12.6. The van der Waals surface area contributed by atoms with Gasteiger partial charge in [-0.15, -0.1) is 0 Å². The molecule has 1 saturated carbocycles. The smallest absolute Gasteiger partial charge is 0.162 e. The second-order valence-corrected chi connectivity index (χ2v) is 6.32. The zero-order chi connectivity index (χ0) is 11.9. The Hall–Kier alpha value is -0.590. The highest BCUT2D eigenvalue weighted by molar-refractivity contribution is 6.00. The average Bonchev–Trinajstić information content (AvgIpc) is 2.16. The number of rotatable bonds is 1. The lowest BCUT2D eigenvalue weighted by Crippen LogP contribution is -2.39. The second-order valence-electron chi connectivity index (χ2n) is 6.32. The normalized spacial score (nSPS) is 35.6. The van der Waals surface area contributed by atoms with Crippen molar-refractivity contribution in [3.8, 4) is 0 Å². The zero-order valence-corrected chi connectivity index (χ0v) is 11.1. The van der Waals surface area contributed by atoms with Gasteiger partial charge in [-0.3, -0.25) is 4.79 Å². The van der Waals surface area contributed by atoms with Gasteiger partial charge in [-0.05, 0) is 50.4 Å². The fraction of sp³-hybridized carbons (Fsp3) is 0.800. The van der Waals surface area contributed by atoms with Crippen LogP contribution in [0.3, 0.4) is 0 Å². The SMILES string of the molecule is CC1=C2C(=O)[C@H](C(C)C)CC[C@@]2(C)CCC1. The molecule has 0 aliphatic heterocycles. The van der Waals surface area contributed by atoms with Crippen LogP contribution in [-0.4, -0.2) is 5.78 Å². The van der Waals surface area contributed by atoms with E-state index in [1.807, 2.05) is 0 Å². The highest BCUT2D eigenvalue weighted by Gasteiger charge is 2.44. The minimum atomic E-state index is 0.213. The molecule has 0 amide bonds. The molecule has 0 N–H and O–H groups in total. The van der Waals surface area contributed by atoms with Crippen LogP contribution in [0.2, 0.25) is 0 Å². The Kier molecular flexibility index (Phi) is 2.98. The maximum atomic E-state index is 12.6. The second kappa shape index (κ2) is 4.01. The number of carbonyl (C=O) groups is 1. The van der Waals surface area contributed by atoms with Crippen molar-refractivity contribution in [3.63, 3.8) is 0 Å². The summed E-state index contributed by atoms with van der Waals surface area (Å²) in [6.45, 7) is 8.85. The van der Waals surface area contributed by atoms with Crippen LogP contribution in [0.4, 0.5) is 0 Å². The van der Waals surface area contributed by atoms with Crippen molar-refractivity contribution in [2.75, 3.05) is 0 Å². The Bertz CT molecular complexity index is 337. The van der Waals surface area contributed by atoms with E-state index in [1.54, 1.807) is 0 Å². The minimum absolute atomic E-state index is 0.213. The summed E-state index contributed by atoms with van der Waals surface area (Å²) in [5, 5.41) is 0. The third kappa shape index (κ3) is 1.74. The van der Waals surface area contributed by atoms with Gasteiger partial charge in [0.1, 0.15) is 0 Å². The lowest BCUT2D eigenvalue weighted by atomic mass is 9.60. The predicted octanol–water partition coefficient (Wildman–Crippen LogP) is 4.13. The topological polar surface area (TPSA) is 17.1 Å². The van der Waals surface area contributed by atoms with Gasteiger partial charge in [-0.2, -0.15) is 0 Å². The molecule has 0 radical (unpaired) electrons.